The third-order valence-corrected chi connectivity index (χ3v) is 5.05. The van der Waals surface area contributed by atoms with Gasteiger partial charge < -0.3 is 14.3 Å². The number of methoxy groups -OCH3 is 1. The first-order valence-corrected chi connectivity index (χ1v) is 8.02. The summed E-state index contributed by atoms with van der Waals surface area (Å²) in [6, 6.07) is 3.63. The molecule has 1 N–H and O–H groups in total. The summed E-state index contributed by atoms with van der Waals surface area (Å²) in [6.07, 6.45) is 6.02. The molecular weight excluding hydrogens is 287 g/mol. The number of aromatic nitrogens is 2. The first-order chi connectivity index (χ1) is 10.1. The number of ether oxygens (including phenoxy) is 1. The van der Waals surface area contributed by atoms with E-state index in [0.717, 1.165) is 29.8 Å². The fraction of sp³-hybridized carbons (Fsp3) is 0.562. The van der Waals surface area contributed by atoms with Crippen LogP contribution in [0.3, 0.4) is 0 Å². The largest absolute Gasteiger partial charge is 0.494 e. The third kappa shape index (κ3) is 2.59. The molecule has 3 rings (SSSR count). The average molecular weight is 308 g/mol. The number of benzene rings is 1. The molecule has 3 nitrogen and oxygen atoms in total. The molecule has 1 aliphatic carbocycles. The van der Waals surface area contributed by atoms with E-state index in [9.17, 15) is 4.39 Å². The molecule has 1 heterocycles. The Kier molecular flexibility index (Phi) is 4.02. The summed E-state index contributed by atoms with van der Waals surface area (Å²) in [5.74, 6) is 0.753. The smallest absolute Gasteiger partial charge is 0.178 e. The van der Waals surface area contributed by atoms with Gasteiger partial charge in [0.25, 0.3) is 0 Å². The molecule has 5 heteroatoms. The van der Waals surface area contributed by atoms with Crippen molar-refractivity contribution in [1.82, 2.24) is 9.55 Å². The standard InChI is InChI=1S/C16H21FN2OS/c1-3-10-4-6-11(7-5-10)19-14-9-15(20-2)12(17)8-13(14)18-16(19)21/h8-11H,3-7H2,1-2H3,(H,18,21). The van der Waals surface area contributed by atoms with E-state index in [4.69, 9.17) is 17.0 Å². The second-order valence-corrected chi connectivity index (χ2v) is 6.27. The van der Waals surface area contributed by atoms with Crippen molar-refractivity contribution in [3.8, 4) is 5.75 Å². The Morgan fingerprint density at radius 3 is 2.67 bits per heavy atom. The topological polar surface area (TPSA) is 29.9 Å². The summed E-state index contributed by atoms with van der Waals surface area (Å²) in [7, 11) is 1.49. The summed E-state index contributed by atoms with van der Waals surface area (Å²) in [5.41, 5.74) is 1.69. The Bertz CT molecular complexity index is 698. The highest BCUT2D eigenvalue weighted by Gasteiger charge is 2.23. The van der Waals surface area contributed by atoms with Crippen LogP contribution in [-0.4, -0.2) is 16.7 Å². The zero-order valence-electron chi connectivity index (χ0n) is 12.5. The van der Waals surface area contributed by atoms with Crippen LogP contribution in [0.25, 0.3) is 11.0 Å². The molecule has 1 fully saturated rings. The number of imidazole rings is 1. The van der Waals surface area contributed by atoms with Crippen LogP contribution in [0.4, 0.5) is 4.39 Å². The number of fused-ring (bicyclic) bond motifs is 1. The fourth-order valence-electron chi connectivity index (χ4n) is 3.46. The Morgan fingerprint density at radius 1 is 1.33 bits per heavy atom. The summed E-state index contributed by atoms with van der Waals surface area (Å²) in [6.45, 7) is 2.26. The van der Waals surface area contributed by atoms with Crippen molar-refractivity contribution < 1.29 is 9.13 Å². The fourth-order valence-corrected chi connectivity index (χ4v) is 3.81. The van der Waals surface area contributed by atoms with E-state index in [-0.39, 0.29) is 11.6 Å². The molecule has 1 aromatic heterocycles. The molecule has 0 aliphatic heterocycles. The first kappa shape index (κ1) is 14.6. The van der Waals surface area contributed by atoms with Crippen molar-refractivity contribution in [3.63, 3.8) is 0 Å². The van der Waals surface area contributed by atoms with Crippen molar-refractivity contribution in [2.45, 2.75) is 45.1 Å². The van der Waals surface area contributed by atoms with Crippen molar-refractivity contribution in [3.05, 3.63) is 22.7 Å². The number of halogens is 1. The molecule has 1 aromatic carbocycles. The molecule has 0 unspecified atom stereocenters. The van der Waals surface area contributed by atoms with Crippen molar-refractivity contribution in [2.24, 2.45) is 5.92 Å². The van der Waals surface area contributed by atoms with E-state index in [1.165, 1.54) is 32.4 Å². The monoisotopic (exact) mass is 308 g/mol. The van der Waals surface area contributed by atoms with Crippen molar-refractivity contribution >= 4 is 23.3 Å². The minimum Gasteiger partial charge on any atom is -0.494 e. The molecule has 21 heavy (non-hydrogen) atoms. The van der Waals surface area contributed by atoms with Crippen molar-refractivity contribution in [1.29, 1.82) is 0 Å². The third-order valence-electron chi connectivity index (χ3n) is 4.75. The van der Waals surface area contributed by atoms with E-state index in [1.54, 1.807) is 6.07 Å². The van der Waals surface area contributed by atoms with Gasteiger partial charge in [0.2, 0.25) is 0 Å². The minimum atomic E-state index is -0.358. The zero-order valence-corrected chi connectivity index (χ0v) is 13.3. The molecular formula is C16H21FN2OS. The van der Waals surface area contributed by atoms with Gasteiger partial charge in [-0.05, 0) is 43.8 Å². The lowest BCUT2D eigenvalue weighted by Crippen LogP contribution is -2.18. The van der Waals surface area contributed by atoms with Gasteiger partial charge in [0.15, 0.2) is 16.3 Å². The summed E-state index contributed by atoms with van der Waals surface area (Å²) < 4.78 is 21.7. The lowest BCUT2D eigenvalue weighted by molar-refractivity contribution is 0.271. The van der Waals surface area contributed by atoms with Gasteiger partial charge in [-0.1, -0.05) is 13.3 Å². The quantitative estimate of drug-likeness (QED) is 0.810. The van der Waals surface area contributed by atoms with E-state index >= 15 is 0 Å². The van der Waals surface area contributed by atoms with Crippen LogP contribution in [0.15, 0.2) is 12.1 Å². The normalized spacial score (nSPS) is 22.6. The predicted octanol–water partition coefficient (Wildman–Crippen LogP) is 4.99. The number of rotatable bonds is 3. The van der Waals surface area contributed by atoms with E-state index in [1.807, 2.05) is 0 Å². The number of nitrogens with one attached hydrogen (secondary N) is 1. The van der Waals surface area contributed by atoms with Gasteiger partial charge in [0.05, 0.1) is 18.1 Å². The molecule has 1 saturated carbocycles. The molecule has 0 radical (unpaired) electrons. The van der Waals surface area contributed by atoms with E-state index in [0.29, 0.717) is 10.8 Å². The molecule has 0 bridgehead atoms. The van der Waals surface area contributed by atoms with E-state index in [2.05, 4.69) is 16.5 Å². The zero-order chi connectivity index (χ0) is 15.0. The molecule has 0 saturated heterocycles. The molecule has 0 amide bonds. The number of hydrogen-bond donors (Lipinski definition) is 1. The minimum absolute atomic E-state index is 0.271. The molecule has 1 aliphatic rings. The maximum absolute atomic E-state index is 13.8. The van der Waals surface area contributed by atoms with Gasteiger partial charge in [-0.15, -0.1) is 0 Å². The summed E-state index contributed by atoms with van der Waals surface area (Å²) >= 11 is 5.46. The maximum Gasteiger partial charge on any atom is 0.178 e. The lowest BCUT2D eigenvalue weighted by atomic mass is 9.84. The number of nitrogens with zero attached hydrogens (tertiary/aromatic N) is 1. The van der Waals surface area contributed by atoms with Crippen LogP contribution in [0.1, 0.15) is 45.1 Å². The van der Waals surface area contributed by atoms with Gasteiger partial charge in [-0.25, -0.2) is 4.39 Å². The SMILES string of the molecule is CCC1CCC(n2c(=S)[nH]c3cc(F)c(OC)cc32)CC1. The Morgan fingerprint density at radius 2 is 2.05 bits per heavy atom. The van der Waals surface area contributed by atoms with Gasteiger partial charge in [0, 0.05) is 18.2 Å². The highest BCUT2D eigenvalue weighted by Crippen LogP contribution is 2.36. The number of H-pyrrole nitrogens is 1. The van der Waals surface area contributed by atoms with Crippen LogP contribution < -0.4 is 4.74 Å². The predicted molar refractivity (Wildman–Crippen MR) is 84.9 cm³/mol. The van der Waals surface area contributed by atoms with Gasteiger partial charge in [-0.3, -0.25) is 0 Å². The van der Waals surface area contributed by atoms with Gasteiger partial charge in [0.1, 0.15) is 0 Å². The van der Waals surface area contributed by atoms with Crippen molar-refractivity contribution in [2.75, 3.05) is 7.11 Å². The molecule has 2 aromatic rings. The van der Waals surface area contributed by atoms with Crippen LogP contribution in [0.2, 0.25) is 0 Å². The summed E-state index contributed by atoms with van der Waals surface area (Å²) in [5, 5.41) is 0. The Hall–Kier alpha value is -1.36. The molecule has 0 spiro atoms. The second kappa shape index (κ2) is 5.79. The average Bonchev–Trinajstić information content (AvgIpc) is 2.81. The van der Waals surface area contributed by atoms with Crippen LogP contribution >= 0.6 is 12.2 Å². The number of aromatic amines is 1. The summed E-state index contributed by atoms with van der Waals surface area (Å²) in [4.78, 5) is 3.12. The Balaban J connectivity index is 2.02. The van der Waals surface area contributed by atoms with Crippen LogP contribution in [0.5, 0.6) is 5.75 Å². The maximum atomic E-state index is 13.8. The van der Waals surface area contributed by atoms with Gasteiger partial charge >= 0.3 is 0 Å². The van der Waals surface area contributed by atoms with Crippen LogP contribution in [-0.2, 0) is 0 Å². The van der Waals surface area contributed by atoms with E-state index < -0.39 is 0 Å². The number of hydrogen-bond acceptors (Lipinski definition) is 2. The van der Waals surface area contributed by atoms with Crippen LogP contribution in [0, 0.1) is 16.5 Å². The Labute approximate surface area is 129 Å². The highest BCUT2D eigenvalue weighted by atomic mass is 32.1. The second-order valence-electron chi connectivity index (χ2n) is 5.89. The lowest BCUT2D eigenvalue weighted by Gasteiger charge is -2.29. The first-order valence-electron chi connectivity index (χ1n) is 7.61. The highest BCUT2D eigenvalue weighted by molar-refractivity contribution is 7.71. The molecule has 0 atom stereocenters. The molecule has 114 valence electrons. The van der Waals surface area contributed by atoms with Gasteiger partial charge in [-0.2, -0.15) is 0 Å².